The molecule has 0 aliphatic heterocycles. The predicted octanol–water partition coefficient (Wildman–Crippen LogP) is 2.50. The zero-order valence-corrected chi connectivity index (χ0v) is 11.5. The van der Waals surface area contributed by atoms with Crippen molar-refractivity contribution >= 4 is 21.4 Å². The molecule has 0 atom stereocenters. The molecule has 0 amide bonds. The minimum absolute atomic E-state index is 0.194. The van der Waals surface area contributed by atoms with E-state index in [1.54, 1.807) is 24.3 Å². The Bertz CT molecular complexity index is 428. The first-order valence-electron chi connectivity index (χ1n) is 5.75. The molecule has 17 heavy (non-hydrogen) atoms. The topological polar surface area (TPSA) is 46.2 Å². The Balaban J connectivity index is 2.48. The van der Waals surface area contributed by atoms with Crippen molar-refractivity contribution in [2.75, 3.05) is 18.8 Å². The molecule has 1 aromatic rings. The van der Waals surface area contributed by atoms with Gasteiger partial charge in [0.25, 0.3) is 0 Å². The second-order valence-electron chi connectivity index (χ2n) is 3.83. The van der Waals surface area contributed by atoms with Crippen LogP contribution in [-0.4, -0.2) is 27.3 Å². The van der Waals surface area contributed by atoms with Crippen LogP contribution in [0, 0.1) is 0 Å². The number of sulfone groups is 1. The fourth-order valence-electron chi connectivity index (χ4n) is 1.48. The first-order valence-corrected chi connectivity index (χ1v) is 7.78. The van der Waals surface area contributed by atoms with Crippen molar-refractivity contribution in [3.63, 3.8) is 0 Å². The summed E-state index contributed by atoms with van der Waals surface area (Å²) < 4.78 is 23.8. The van der Waals surface area contributed by atoms with Crippen LogP contribution in [0.4, 0.5) is 0 Å². The van der Waals surface area contributed by atoms with Gasteiger partial charge in [0, 0.05) is 5.02 Å². The van der Waals surface area contributed by atoms with Gasteiger partial charge in [-0.15, -0.1) is 0 Å². The first-order chi connectivity index (χ1) is 8.06. The second kappa shape index (κ2) is 6.99. The van der Waals surface area contributed by atoms with Crippen LogP contribution in [-0.2, 0) is 9.84 Å². The Morgan fingerprint density at radius 2 is 1.82 bits per heavy atom. The summed E-state index contributed by atoms with van der Waals surface area (Å²) in [5, 5.41) is 3.72. The van der Waals surface area contributed by atoms with Crippen LogP contribution in [0.15, 0.2) is 29.2 Å². The summed E-state index contributed by atoms with van der Waals surface area (Å²) in [6.45, 7) is 3.82. The molecule has 0 aromatic heterocycles. The average molecular weight is 276 g/mol. The van der Waals surface area contributed by atoms with E-state index >= 15 is 0 Å². The summed E-state index contributed by atoms with van der Waals surface area (Å²) in [4.78, 5) is 0.352. The zero-order valence-electron chi connectivity index (χ0n) is 9.95. The molecule has 1 aromatic carbocycles. The summed E-state index contributed by atoms with van der Waals surface area (Å²) in [6, 6.07) is 6.32. The smallest absolute Gasteiger partial charge is 0.178 e. The van der Waals surface area contributed by atoms with Gasteiger partial charge in [-0.05, 0) is 50.2 Å². The van der Waals surface area contributed by atoms with Crippen LogP contribution >= 0.6 is 11.6 Å². The maximum Gasteiger partial charge on any atom is 0.178 e. The number of hydrogen-bond acceptors (Lipinski definition) is 3. The van der Waals surface area contributed by atoms with E-state index in [9.17, 15) is 8.42 Å². The van der Waals surface area contributed by atoms with Gasteiger partial charge >= 0.3 is 0 Å². The third-order valence-electron chi connectivity index (χ3n) is 2.44. The van der Waals surface area contributed by atoms with E-state index < -0.39 is 9.84 Å². The van der Waals surface area contributed by atoms with Crippen LogP contribution in [0.5, 0.6) is 0 Å². The van der Waals surface area contributed by atoms with Gasteiger partial charge in [0.05, 0.1) is 10.6 Å². The summed E-state index contributed by atoms with van der Waals surface area (Å²) in [5.41, 5.74) is 0. The molecule has 0 saturated heterocycles. The van der Waals surface area contributed by atoms with Gasteiger partial charge in [-0.2, -0.15) is 0 Å². The lowest BCUT2D eigenvalue weighted by Gasteiger charge is -2.05. The van der Waals surface area contributed by atoms with E-state index in [2.05, 4.69) is 5.32 Å². The summed E-state index contributed by atoms with van der Waals surface area (Å²) in [7, 11) is -3.15. The molecule has 0 heterocycles. The quantitative estimate of drug-likeness (QED) is 0.778. The number of rotatable bonds is 7. The largest absolute Gasteiger partial charge is 0.317 e. The van der Waals surface area contributed by atoms with Crippen LogP contribution in [0.25, 0.3) is 0 Å². The summed E-state index contributed by atoms with van der Waals surface area (Å²) in [5.74, 6) is 0.194. The number of benzene rings is 1. The third kappa shape index (κ3) is 5.06. The van der Waals surface area contributed by atoms with E-state index in [-0.39, 0.29) is 5.75 Å². The Hall–Kier alpha value is -0.580. The summed E-state index contributed by atoms with van der Waals surface area (Å²) >= 11 is 5.72. The Morgan fingerprint density at radius 3 is 2.41 bits per heavy atom. The number of halogens is 1. The van der Waals surface area contributed by atoms with Crippen molar-refractivity contribution in [2.24, 2.45) is 0 Å². The minimum atomic E-state index is -3.15. The van der Waals surface area contributed by atoms with E-state index in [1.807, 2.05) is 6.92 Å². The van der Waals surface area contributed by atoms with Crippen molar-refractivity contribution in [3.05, 3.63) is 29.3 Å². The highest BCUT2D eigenvalue weighted by Gasteiger charge is 2.13. The van der Waals surface area contributed by atoms with Crippen molar-refractivity contribution < 1.29 is 8.42 Å². The highest BCUT2D eigenvalue weighted by molar-refractivity contribution is 7.91. The SMILES string of the molecule is CCNCCCCS(=O)(=O)c1ccc(Cl)cc1. The Labute approximate surface area is 108 Å². The van der Waals surface area contributed by atoms with Crippen LogP contribution < -0.4 is 5.32 Å². The fraction of sp³-hybridized carbons (Fsp3) is 0.500. The van der Waals surface area contributed by atoms with Gasteiger partial charge in [0.15, 0.2) is 9.84 Å². The monoisotopic (exact) mass is 275 g/mol. The van der Waals surface area contributed by atoms with Crippen LogP contribution in [0.1, 0.15) is 19.8 Å². The molecule has 0 spiro atoms. The molecule has 1 rings (SSSR count). The molecule has 1 N–H and O–H groups in total. The fourth-order valence-corrected chi connectivity index (χ4v) is 2.98. The first kappa shape index (κ1) is 14.5. The van der Waals surface area contributed by atoms with E-state index in [4.69, 9.17) is 11.6 Å². The Morgan fingerprint density at radius 1 is 1.18 bits per heavy atom. The highest BCUT2D eigenvalue weighted by Crippen LogP contribution is 2.16. The van der Waals surface area contributed by atoms with Crippen LogP contribution in [0.2, 0.25) is 5.02 Å². The maximum atomic E-state index is 11.9. The molecule has 0 saturated carbocycles. The molecule has 3 nitrogen and oxygen atoms in total. The minimum Gasteiger partial charge on any atom is -0.317 e. The van der Waals surface area contributed by atoms with Gasteiger partial charge in [0.2, 0.25) is 0 Å². The van der Waals surface area contributed by atoms with Crippen molar-refractivity contribution in [1.29, 1.82) is 0 Å². The maximum absolute atomic E-state index is 11.9. The lowest BCUT2D eigenvalue weighted by atomic mass is 10.3. The van der Waals surface area contributed by atoms with Crippen molar-refractivity contribution in [3.8, 4) is 0 Å². The summed E-state index contributed by atoms with van der Waals surface area (Å²) in [6.07, 6.45) is 1.55. The van der Waals surface area contributed by atoms with E-state index in [0.717, 1.165) is 19.5 Å². The number of nitrogens with one attached hydrogen (secondary N) is 1. The second-order valence-corrected chi connectivity index (χ2v) is 6.38. The molecular formula is C12H18ClNO2S. The van der Waals surface area contributed by atoms with Crippen molar-refractivity contribution in [2.45, 2.75) is 24.7 Å². The number of hydrogen-bond donors (Lipinski definition) is 1. The lowest BCUT2D eigenvalue weighted by Crippen LogP contribution is -2.15. The van der Waals surface area contributed by atoms with E-state index in [1.165, 1.54) is 0 Å². The molecule has 0 radical (unpaired) electrons. The van der Waals surface area contributed by atoms with Gasteiger partial charge in [0.1, 0.15) is 0 Å². The predicted molar refractivity (Wildman–Crippen MR) is 71.3 cm³/mol. The average Bonchev–Trinajstić information content (AvgIpc) is 2.29. The van der Waals surface area contributed by atoms with Gasteiger partial charge in [-0.25, -0.2) is 8.42 Å². The number of unbranched alkanes of at least 4 members (excludes halogenated alkanes) is 1. The molecule has 96 valence electrons. The molecule has 0 bridgehead atoms. The highest BCUT2D eigenvalue weighted by atomic mass is 35.5. The molecule has 5 heteroatoms. The van der Waals surface area contributed by atoms with Crippen LogP contribution in [0.3, 0.4) is 0 Å². The van der Waals surface area contributed by atoms with E-state index in [0.29, 0.717) is 16.3 Å². The third-order valence-corrected chi connectivity index (χ3v) is 4.51. The van der Waals surface area contributed by atoms with Gasteiger partial charge in [-0.1, -0.05) is 18.5 Å². The normalized spacial score (nSPS) is 11.6. The Kier molecular flexibility index (Phi) is 5.95. The van der Waals surface area contributed by atoms with Gasteiger partial charge in [-0.3, -0.25) is 0 Å². The standard InChI is InChI=1S/C12H18ClNO2S/c1-2-14-9-3-4-10-17(15,16)12-7-5-11(13)6-8-12/h5-8,14H,2-4,9-10H2,1H3. The molecule has 0 aliphatic rings. The zero-order chi connectivity index (χ0) is 12.7. The molecule has 0 aliphatic carbocycles. The molecule has 0 unspecified atom stereocenters. The van der Waals surface area contributed by atoms with Gasteiger partial charge < -0.3 is 5.32 Å². The molecular weight excluding hydrogens is 258 g/mol. The molecule has 0 fully saturated rings. The van der Waals surface area contributed by atoms with Crippen molar-refractivity contribution in [1.82, 2.24) is 5.32 Å². The lowest BCUT2D eigenvalue weighted by molar-refractivity contribution is 0.588.